The van der Waals surface area contributed by atoms with Crippen LogP contribution in [0, 0.1) is 0 Å². The lowest BCUT2D eigenvalue weighted by molar-refractivity contribution is -0.145. The topological polar surface area (TPSA) is 192 Å². The molecular formula is C19H22N10O4. The molecular weight excluding hydrogens is 432 g/mol. The second-order valence-electron chi connectivity index (χ2n) is 7.03. The zero-order valence-corrected chi connectivity index (χ0v) is 17.6. The number of hydrogen-bond acceptors (Lipinski definition) is 12. The van der Waals surface area contributed by atoms with Gasteiger partial charge >= 0.3 is 11.9 Å². The molecule has 172 valence electrons. The van der Waals surface area contributed by atoms with Crippen LogP contribution < -0.4 is 11.5 Å². The summed E-state index contributed by atoms with van der Waals surface area (Å²) in [5, 5.41) is 0. The monoisotopic (exact) mass is 454 g/mol. The molecule has 0 saturated heterocycles. The highest BCUT2D eigenvalue weighted by Gasteiger charge is 2.11. The molecule has 0 aliphatic heterocycles. The number of imidazole rings is 2. The van der Waals surface area contributed by atoms with Crippen LogP contribution in [0.5, 0.6) is 0 Å². The Morgan fingerprint density at radius 2 is 1.18 bits per heavy atom. The van der Waals surface area contributed by atoms with E-state index in [0.717, 1.165) is 0 Å². The lowest BCUT2D eigenvalue weighted by Crippen LogP contribution is -2.13. The van der Waals surface area contributed by atoms with E-state index in [4.69, 9.17) is 20.9 Å². The van der Waals surface area contributed by atoms with Gasteiger partial charge in [0.1, 0.15) is 36.9 Å². The Bertz CT molecular complexity index is 1190. The number of hydrogen-bond donors (Lipinski definition) is 2. The van der Waals surface area contributed by atoms with Crippen molar-refractivity contribution < 1.29 is 19.1 Å². The van der Waals surface area contributed by atoms with Crippen LogP contribution in [0.3, 0.4) is 0 Å². The third-order valence-corrected chi connectivity index (χ3v) is 4.81. The highest BCUT2D eigenvalue weighted by Crippen LogP contribution is 2.15. The second kappa shape index (κ2) is 9.84. The van der Waals surface area contributed by atoms with Crippen LogP contribution in [-0.4, -0.2) is 64.2 Å². The second-order valence-corrected chi connectivity index (χ2v) is 7.03. The van der Waals surface area contributed by atoms with Crippen LogP contribution in [0.4, 0.5) is 11.6 Å². The Labute approximate surface area is 187 Å². The van der Waals surface area contributed by atoms with Crippen molar-refractivity contribution in [1.82, 2.24) is 39.0 Å². The highest BCUT2D eigenvalue weighted by molar-refractivity contribution is 5.81. The molecule has 0 spiro atoms. The largest absolute Gasteiger partial charge is 0.464 e. The quantitative estimate of drug-likeness (QED) is 0.307. The van der Waals surface area contributed by atoms with Gasteiger partial charge in [-0.3, -0.25) is 9.59 Å². The third-order valence-electron chi connectivity index (χ3n) is 4.81. The van der Waals surface area contributed by atoms with Crippen LogP contribution in [0.2, 0.25) is 0 Å². The van der Waals surface area contributed by atoms with E-state index in [2.05, 4.69) is 29.9 Å². The summed E-state index contributed by atoms with van der Waals surface area (Å²) in [6, 6.07) is 0. The molecule has 33 heavy (non-hydrogen) atoms. The van der Waals surface area contributed by atoms with Crippen LogP contribution in [0.25, 0.3) is 22.3 Å². The molecule has 0 amide bonds. The number of nitrogen functional groups attached to an aromatic ring is 2. The number of aromatic nitrogens is 8. The fourth-order valence-electron chi connectivity index (χ4n) is 3.16. The van der Waals surface area contributed by atoms with Gasteiger partial charge in [0.25, 0.3) is 0 Å². The molecule has 0 aliphatic carbocycles. The van der Waals surface area contributed by atoms with Crippen LogP contribution in [0.15, 0.2) is 25.3 Å². The maximum absolute atomic E-state index is 11.9. The van der Waals surface area contributed by atoms with Gasteiger partial charge in [-0.05, 0) is 6.42 Å². The molecule has 0 radical (unpaired) electrons. The molecule has 0 bridgehead atoms. The molecule has 0 atom stereocenters. The maximum Gasteiger partial charge on any atom is 0.305 e. The fraction of sp³-hybridized carbons (Fsp3) is 0.368. The predicted octanol–water partition coefficient (Wildman–Crippen LogP) is 0.0873. The van der Waals surface area contributed by atoms with E-state index in [9.17, 15) is 9.59 Å². The van der Waals surface area contributed by atoms with E-state index in [1.807, 2.05) is 0 Å². The Kier molecular flexibility index (Phi) is 6.52. The van der Waals surface area contributed by atoms with E-state index in [1.54, 1.807) is 21.8 Å². The van der Waals surface area contributed by atoms with Crippen molar-refractivity contribution in [3.05, 3.63) is 25.3 Å². The van der Waals surface area contributed by atoms with Gasteiger partial charge in [0, 0.05) is 12.8 Å². The van der Waals surface area contributed by atoms with Crippen molar-refractivity contribution in [2.45, 2.75) is 32.4 Å². The average molecular weight is 454 g/mol. The van der Waals surface area contributed by atoms with Crippen molar-refractivity contribution in [2.24, 2.45) is 0 Å². The minimum atomic E-state index is -0.400. The van der Waals surface area contributed by atoms with E-state index < -0.39 is 11.9 Å². The van der Waals surface area contributed by atoms with Crippen LogP contribution >= 0.6 is 0 Å². The molecule has 14 heteroatoms. The number of rotatable bonds is 10. The summed E-state index contributed by atoms with van der Waals surface area (Å²) in [7, 11) is 0. The summed E-state index contributed by atoms with van der Waals surface area (Å²) in [5.74, 6) is -0.216. The maximum atomic E-state index is 11.9. The average Bonchev–Trinajstić information content (AvgIpc) is 3.40. The summed E-state index contributed by atoms with van der Waals surface area (Å²) in [4.78, 5) is 48.1. The minimum absolute atomic E-state index is 0.108. The number of fused-ring (bicyclic) bond motifs is 2. The summed E-state index contributed by atoms with van der Waals surface area (Å²) < 4.78 is 13.9. The van der Waals surface area contributed by atoms with Gasteiger partial charge in [-0.25, -0.2) is 29.9 Å². The molecule has 4 aromatic rings. The normalized spacial score (nSPS) is 11.2. The van der Waals surface area contributed by atoms with E-state index >= 15 is 0 Å². The first kappa shape index (κ1) is 21.9. The van der Waals surface area contributed by atoms with Crippen molar-refractivity contribution in [1.29, 1.82) is 0 Å². The number of anilines is 2. The van der Waals surface area contributed by atoms with Gasteiger partial charge in [0.05, 0.1) is 25.7 Å². The summed E-state index contributed by atoms with van der Waals surface area (Å²) in [5.41, 5.74) is 13.6. The van der Waals surface area contributed by atoms with Crippen molar-refractivity contribution in [2.75, 3.05) is 24.7 Å². The van der Waals surface area contributed by atoms with Crippen molar-refractivity contribution in [3.63, 3.8) is 0 Å². The molecule has 0 unspecified atom stereocenters. The van der Waals surface area contributed by atoms with Gasteiger partial charge in [0.2, 0.25) is 0 Å². The molecule has 0 aromatic carbocycles. The SMILES string of the molecule is Nc1ncnc2c1ncn2CCOC(=O)CCCC(=O)OCCn1cnc2c(N)ncnc21. The lowest BCUT2D eigenvalue weighted by atomic mass is 10.2. The molecule has 4 rings (SSSR count). The number of carbonyl (C=O) groups excluding carboxylic acids is 2. The van der Waals surface area contributed by atoms with Gasteiger partial charge in [0.15, 0.2) is 22.9 Å². The van der Waals surface area contributed by atoms with E-state index in [0.29, 0.717) is 53.5 Å². The van der Waals surface area contributed by atoms with Crippen LogP contribution in [0.1, 0.15) is 19.3 Å². The van der Waals surface area contributed by atoms with E-state index in [1.165, 1.54) is 12.7 Å². The molecule has 0 saturated carbocycles. The van der Waals surface area contributed by atoms with Crippen LogP contribution in [-0.2, 0) is 32.2 Å². The zero-order chi connectivity index (χ0) is 23.2. The molecule has 4 N–H and O–H groups in total. The Balaban J connectivity index is 1.12. The molecule has 4 heterocycles. The standard InChI is InChI=1S/C19H22N10O4/c20-16-14-18(24-8-22-16)28(10-26-14)4-6-32-12(30)2-1-3-13(31)33-7-5-29-11-27-15-17(21)23-9-25-19(15)29/h8-11H,1-7H2,(H2,20,22,24)(H2,21,23,25). The van der Waals surface area contributed by atoms with Gasteiger partial charge < -0.3 is 30.1 Å². The summed E-state index contributed by atoms with van der Waals surface area (Å²) >= 11 is 0. The van der Waals surface area contributed by atoms with Gasteiger partial charge in [-0.1, -0.05) is 0 Å². The van der Waals surface area contributed by atoms with Gasteiger partial charge in [-0.2, -0.15) is 0 Å². The van der Waals surface area contributed by atoms with Crippen molar-refractivity contribution >= 4 is 45.9 Å². The molecule has 14 nitrogen and oxygen atoms in total. The first-order valence-corrected chi connectivity index (χ1v) is 10.2. The number of ether oxygens (including phenoxy) is 2. The third kappa shape index (κ3) is 5.11. The summed E-state index contributed by atoms with van der Waals surface area (Å²) in [6.07, 6.45) is 6.37. The first-order valence-electron chi connectivity index (χ1n) is 10.2. The highest BCUT2D eigenvalue weighted by atomic mass is 16.5. The number of nitrogens with two attached hydrogens (primary N) is 2. The van der Waals surface area contributed by atoms with E-state index in [-0.39, 0.29) is 26.1 Å². The molecule has 0 aliphatic rings. The zero-order valence-electron chi connectivity index (χ0n) is 17.6. The number of esters is 2. The fourth-order valence-corrected chi connectivity index (χ4v) is 3.16. The predicted molar refractivity (Wildman–Crippen MR) is 115 cm³/mol. The van der Waals surface area contributed by atoms with Gasteiger partial charge in [-0.15, -0.1) is 0 Å². The molecule has 0 fully saturated rings. The number of nitrogens with zero attached hydrogens (tertiary/aromatic N) is 8. The first-order chi connectivity index (χ1) is 16.0. The Hall–Kier alpha value is -4.36. The lowest BCUT2D eigenvalue weighted by Gasteiger charge is -2.07. The molecule has 4 aromatic heterocycles. The summed E-state index contributed by atoms with van der Waals surface area (Å²) in [6.45, 7) is 1.04. The van der Waals surface area contributed by atoms with Crippen molar-refractivity contribution in [3.8, 4) is 0 Å². The Morgan fingerprint density at radius 1 is 0.727 bits per heavy atom. The number of carbonyl (C=O) groups is 2. The minimum Gasteiger partial charge on any atom is -0.464 e. The smallest absolute Gasteiger partial charge is 0.305 e. The Morgan fingerprint density at radius 3 is 1.64 bits per heavy atom.